The highest BCUT2D eigenvalue weighted by Crippen LogP contribution is 2.25. The predicted molar refractivity (Wildman–Crippen MR) is 113 cm³/mol. The molecule has 0 unspecified atom stereocenters. The summed E-state index contributed by atoms with van der Waals surface area (Å²) in [7, 11) is 1.63. The van der Waals surface area contributed by atoms with Crippen LogP contribution in [0.3, 0.4) is 0 Å². The zero-order valence-electron chi connectivity index (χ0n) is 16.7. The Morgan fingerprint density at radius 3 is 3.10 bits per heavy atom. The molecule has 0 bridgehead atoms. The zero-order valence-corrected chi connectivity index (χ0v) is 16.7. The molecule has 152 valence electrons. The van der Waals surface area contributed by atoms with Crippen LogP contribution in [0.1, 0.15) is 18.4 Å². The van der Waals surface area contributed by atoms with Crippen molar-refractivity contribution in [2.45, 2.75) is 25.8 Å². The number of hydrogen-bond donors (Lipinski definition) is 3. The van der Waals surface area contributed by atoms with Crippen molar-refractivity contribution >= 4 is 28.4 Å². The van der Waals surface area contributed by atoms with Gasteiger partial charge >= 0.3 is 0 Å². The van der Waals surface area contributed by atoms with E-state index in [1.54, 1.807) is 13.4 Å². The number of piperidine rings is 1. The number of aryl methyl sites for hydroxylation is 1. The Bertz CT molecular complexity index is 1000. The van der Waals surface area contributed by atoms with Crippen LogP contribution in [-0.4, -0.2) is 53.6 Å². The second kappa shape index (κ2) is 8.38. The number of anilines is 2. The van der Waals surface area contributed by atoms with Gasteiger partial charge in [-0.05, 0) is 37.5 Å². The van der Waals surface area contributed by atoms with Gasteiger partial charge in [0, 0.05) is 37.1 Å². The van der Waals surface area contributed by atoms with E-state index in [2.05, 4.69) is 30.5 Å². The molecule has 1 fully saturated rings. The normalized spacial score (nSPS) is 16.6. The molecule has 1 aromatic carbocycles. The van der Waals surface area contributed by atoms with Crippen molar-refractivity contribution in [3.8, 4) is 5.75 Å². The first-order valence-electron chi connectivity index (χ1n) is 9.85. The van der Waals surface area contributed by atoms with Crippen molar-refractivity contribution in [3.05, 3.63) is 42.4 Å². The Morgan fingerprint density at radius 1 is 1.34 bits per heavy atom. The van der Waals surface area contributed by atoms with Crippen LogP contribution < -0.4 is 20.3 Å². The van der Waals surface area contributed by atoms with Gasteiger partial charge in [0.2, 0.25) is 5.91 Å². The highest BCUT2D eigenvalue weighted by molar-refractivity contribution is 5.87. The van der Waals surface area contributed by atoms with Gasteiger partial charge in [-0.1, -0.05) is 6.07 Å². The number of ether oxygens (including phenoxy) is 1. The summed E-state index contributed by atoms with van der Waals surface area (Å²) < 4.78 is 5.26. The summed E-state index contributed by atoms with van der Waals surface area (Å²) in [5.74, 6) is 1.66. The molecule has 0 aliphatic carbocycles. The average molecular weight is 394 g/mol. The smallest absolute Gasteiger partial charge is 0.239 e. The summed E-state index contributed by atoms with van der Waals surface area (Å²) >= 11 is 0. The minimum absolute atomic E-state index is 0.0199. The minimum Gasteiger partial charge on any atom is -0.497 e. The second-order valence-corrected chi connectivity index (χ2v) is 7.32. The number of carbonyl (C=O) groups is 1. The molecule has 1 amide bonds. The van der Waals surface area contributed by atoms with E-state index in [-0.39, 0.29) is 18.5 Å². The van der Waals surface area contributed by atoms with Gasteiger partial charge in [-0.25, -0.2) is 9.97 Å². The Labute approximate surface area is 169 Å². The lowest BCUT2D eigenvalue weighted by Gasteiger charge is -2.34. The second-order valence-electron chi connectivity index (χ2n) is 7.32. The Kier molecular flexibility index (Phi) is 5.50. The first-order valence-corrected chi connectivity index (χ1v) is 9.85. The van der Waals surface area contributed by atoms with Crippen LogP contribution in [0.2, 0.25) is 0 Å². The van der Waals surface area contributed by atoms with Crippen molar-refractivity contribution in [3.63, 3.8) is 0 Å². The van der Waals surface area contributed by atoms with E-state index in [4.69, 9.17) is 4.74 Å². The monoisotopic (exact) mass is 394 g/mol. The number of fused-ring (bicyclic) bond motifs is 1. The maximum absolute atomic E-state index is 12.5. The van der Waals surface area contributed by atoms with Crippen LogP contribution in [-0.2, 0) is 4.79 Å². The van der Waals surface area contributed by atoms with E-state index in [1.165, 1.54) is 0 Å². The number of carbonyl (C=O) groups excluding carboxylic acids is 1. The number of rotatable bonds is 6. The highest BCUT2D eigenvalue weighted by atomic mass is 16.5. The maximum atomic E-state index is 12.5. The minimum atomic E-state index is -0.0199. The molecule has 1 atom stereocenters. The predicted octanol–water partition coefficient (Wildman–Crippen LogP) is 2.47. The molecular formula is C21H26N6O2. The van der Waals surface area contributed by atoms with Crippen molar-refractivity contribution in [2.75, 3.05) is 37.0 Å². The van der Waals surface area contributed by atoms with Gasteiger partial charge in [0.15, 0.2) is 0 Å². The SMILES string of the molecule is COc1ccc(C)c(NCC(=O)N[C@@H]2CCCN(c3ncnc4[nH]ccc34)C2)c1. The number of nitrogens with zero attached hydrogens (tertiary/aromatic N) is 3. The van der Waals surface area contributed by atoms with Crippen LogP contribution >= 0.6 is 0 Å². The molecule has 0 radical (unpaired) electrons. The molecule has 8 heteroatoms. The standard InChI is InChI=1S/C21H26N6O2/c1-14-5-6-16(29-2)10-18(14)23-11-19(28)26-15-4-3-9-27(12-15)21-17-7-8-22-20(17)24-13-25-21/h5-8,10,13,15,23H,3-4,9,11-12H2,1-2H3,(H,26,28)(H,22,24,25)/t15-/m1/s1. The molecule has 3 N–H and O–H groups in total. The summed E-state index contributed by atoms with van der Waals surface area (Å²) in [6, 6.07) is 7.87. The number of H-pyrrole nitrogens is 1. The van der Waals surface area contributed by atoms with Crippen LogP contribution in [0.15, 0.2) is 36.8 Å². The number of aromatic nitrogens is 3. The van der Waals surface area contributed by atoms with Gasteiger partial charge in [0.1, 0.15) is 23.5 Å². The zero-order chi connectivity index (χ0) is 20.2. The van der Waals surface area contributed by atoms with Crippen LogP contribution in [0.5, 0.6) is 5.75 Å². The number of benzene rings is 1. The van der Waals surface area contributed by atoms with Crippen LogP contribution in [0, 0.1) is 6.92 Å². The van der Waals surface area contributed by atoms with Gasteiger partial charge in [-0.15, -0.1) is 0 Å². The molecule has 1 saturated heterocycles. The summed E-state index contributed by atoms with van der Waals surface area (Å²) in [6.45, 7) is 3.88. The van der Waals surface area contributed by atoms with E-state index in [1.807, 2.05) is 37.4 Å². The van der Waals surface area contributed by atoms with Crippen molar-refractivity contribution in [1.29, 1.82) is 0 Å². The number of methoxy groups -OCH3 is 1. The molecule has 4 rings (SSSR count). The van der Waals surface area contributed by atoms with Gasteiger partial charge in [0.05, 0.1) is 19.0 Å². The third-order valence-corrected chi connectivity index (χ3v) is 5.30. The van der Waals surface area contributed by atoms with E-state index in [0.717, 1.165) is 59.8 Å². The number of aromatic amines is 1. The molecule has 1 aliphatic rings. The molecule has 0 saturated carbocycles. The fourth-order valence-corrected chi connectivity index (χ4v) is 3.77. The van der Waals surface area contributed by atoms with Crippen molar-refractivity contribution < 1.29 is 9.53 Å². The summed E-state index contributed by atoms with van der Waals surface area (Å²) in [5.41, 5.74) is 2.81. The number of hydrogen-bond acceptors (Lipinski definition) is 6. The van der Waals surface area contributed by atoms with Gasteiger partial charge < -0.3 is 25.3 Å². The molecule has 3 aromatic rings. The van der Waals surface area contributed by atoms with E-state index in [9.17, 15) is 4.79 Å². The molecule has 3 heterocycles. The van der Waals surface area contributed by atoms with E-state index < -0.39 is 0 Å². The van der Waals surface area contributed by atoms with Crippen molar-refractivity contribution in [1.82, 2.24) is 20.3 Å². The third-order valence-electron chi connectivity index (χ3n) is 5.30. The largest absolute Gasteiger partial charge is 0.497 e. The lowest BCUT2D eigenvalue weighted by atomic mass is 10.1. The molecule has 8 nitrogen and oxygen atoms in total. The quantitative estimate of drug-likeness (QED) is 0.595. The van der Waals surface area contributed by atoms with E-state index in [0.29, 0.717) is 0 Å². The Hall–Kier alpha value is -3.29. The summed E-state index contributed by atoms with van der Waals surface area (Å²) in [4.78, 5) is 26.6. The molecule has 29 heavy (non-hydrogen) atoms. The molecule has 1 aliphatic heterocycles. The lowest BCUT2D eigenvalue weighted by molar-refractivity contribution is -0.120. The van der Waals surface area contributed by atoms with Crippen LogP contribution in [0.25, 0.3) is 11.0 Å². The molecule has 0 spiro atoms. The van der Waals surface area contributed by atoms with Gasteiger partial charge in [-0.3, -0.25) is 4.79 Å². The number of nitrogens with one attached hydrogen (secondary N) is 3. The van der Waals surface area contributed by atoms with Crippen LogP contribution in [0.4, 0.5) is 11.5 Å². The third kappa shape index (κ3) is 4.26. The molecule has 2 aromatic heterocycles. The Morgan fingerprint density at radius 2 is 2.24 bits per heavy atom. The average Bonchev–Trinajstić information content (AvgIpc) is 3.22. The van der Waals surface area contributed by atoms with E-state index >= 15 is 0 Å². The Balaban J connectivity index is 1.36. The first-order chi connectivity index (χ1) is 14.1. The fourth-order valence-electron chi connectivity index (χ4n) is 3.77. The van der Waals surface area contributed by atoms with Gasteiger partial charge in [0.25, 0.3) is 0 Å². The summed E-state index contributed by atoms with van der Waals surface area (Å²) in [5, 5.41) is 7.37. The molecular weight excluding hydrogens is 368 g/mol. The number of amides is 1. The topological polar surface area (TPSA) is 95.2 Å². The van der Waals surface area contributed by atoms with Gasteiger partial charge in [-0.2, -0.15) is 0 Å². The highest BCUT2D eigenvalue weighted by Gasteiger charge is 2.23. The maximum Gasteiger partial charge on any atom is 0.239 e. The van der Waals surface area contributed by atoms with Crippen molar-refractivity contribution in [2.24, 2.45) is 0 Å². The first kappa shape index (κ1) is 19.0. The summed E-state index contributed by atoms with van der Waals surface area (Å²) in [6.07, 6.45) is 5.42. The fraction of sp³-hybridized carbons (Fsp3) is 0.381. The lowest BCUT2D eigenvalue weighted by Crippen LogP contribution is -2.49.